The van der Waals surface area contributed by atoms with Crippen molar-refractivity contribution in [2.45, 2.75) is 45.3 Å². The summed E-state index contributed by atoms with van der Waals surface area (Å²) in [5.41, 5.74) is 1.45. The molecule has 2 rings (SSSR count). The first kappa shape index (κ1) is 18.8. The van der Waals surface area contributed by atoms with E-state index in [1.54, 1.807) is 18.2 Å². The van der Waals surface area contributed by atoms with Gasteiger partial charge >= 0.3 is 7.12 Å². The van der Waals surface area contributed by atoms with E-state index < -0.39 is 18.3 Å². The number of hydrogen-bond acceptors (Lipinski definition) is 5. The Kier molecular flexibility index (Phi) is 5.59. The molecule has 0 N–H and O–H groups in total. The molecular weight excluding hydrogens is 321 g/mol. The Hall–Kier alpha value is -1.55. The lowest BCUT2D eigenvalue weighted by Crippen LogP contribution is -2.41. The van der Waals surface area contributed by atoms with E-state index in [2.05, 4.69) is 12.6 Å². The van der Waals surface area contributed by atoms with Crippen LogP contribution in [0.4, 0.5) is 0 Å². The van der Waals surface area contributed by atoms with Crippen molar-refractivity contribution in [3.8, 4) is 6.07 Å². The van der Waals surface area contributed by atoms with Crippen molar-refractivity contribution in [1.29, 1.82) is 5.26 Å². The summed E-state index contributed by atoms with van der Waals surface area (Å²) in [7, 11) is -0.467. The zero-order valence-corrected chi connectivity index (χ0v) is 15.4. The molecule has 1 fully saturated rings. The Balaban J connectivity index is 2.28. The molecule has 0 bridgehead atoms. The number of carbonyl (C=O) groups excluding carboxylic acids is 1. The van der Waals surface area contributed by atoms with Crippen molar-refractivity contribution < 1.29 is 14.1 Å². The second-order valence-corrected chi connectivity index (χ2v) is 7.17. The van der Waals surface area contributed by atoms with E-state index in [1.807, 2.05) is 45.9 Å². The summed E-state index contributed by atoms with van der Waals surface area (Å²) in [6.07, 6.45) is 1.81. The highest BCUT2D eigenvalue weighted by molar-refractivity contribution is 7.80. The standard InChI is InChI=1S/C18H22BNO3S/c1-17(2)18(3,4)23-19(22-17)15(12-24)11-13-6-5-7-14(10-13)16(21)8-9-20/h5-7,10-11,24H,8,12H2,1-4H3. The van der Waals surface area contributed by atoms with Crippen LogP contribution in [0.2, 0.25) is 0 Å². The first-order valence-corrected chi connectivity index (χ1v) is 8.50. The molecule has 6 heteroatoms. The largest absolute Gasteiger partial charge is 0.491 e. The predicted molar refractivity (Wildman–Crippen MR) is 98.9 cm³/mol. The molecule has 1 aliphatic heterocycles. The highest BCUT2D eigenvalue weighted by atomic mass is 32.1. The van der Waals surface area contributed by atoms with Crippen LogP contribution < -0.4 is 0 Å². The second-order valence-electron chi connectivity index (χ2n) is 6.85. The lowest BCUT2D eigenvalue weighted by atomic mass is 9.78. The van der Waals surface area contributed by atoms with Gasteiger partial charge in [-0.2, -0.15) is 17.9 Å². The van der Waals surface area contributed by atoms with Gasteiger partial charge in [0, 0.05) is 11.3 Å². The van der Waals surface area contributed by atoms with Crippen LogP contribution in [0.25, 0.3) is 6.08 Å². The average molecular weight is 343 g/mol. The van der Waals surface area contributed by atoms with Crippen LogP contribution in [0, 0.1) is 11.3 Å². The molecule has 1 aromatic rings. The number of nitriles is 1. The maximum Gasteiger partial charge on any atom is 0.491 e. The zero-order valence-electron chi connectivity index (χ0n) is 14.5. The van der Waals surface area contributed by atoms with Crippen molar-refractivity contribution in [2.24, 2.45) is 0 Å². The fourth-order valence-electron chi connectivity index (χ4n) is 2.37. The Bertz CT molecular complexity index is 690. The van der Waals surface area contributed by atoms with Gasteiger partial charge in [0.1, 0.15) is 0 Å². The molecular formula is C18H22BNO3S. The maximum absolute atomic E-state index is 11.9. The van der Waals surface area contributed by atoms with Crippen LogP contribution in [0.3, 0.4) is 0 Å². The number of Topliss-reactive ketones (excluding diaryl/α,β-unsaturated/α-hetero) is 1. The highest BCUT2D eigenvalue weighted by Gasteiger charge is 2.52. The molecule has 1 aliphatic rings. The minimum absolute atomic E-state index is 0.121. The lowest BCUT2D eigenvalue weighted by molar-refractivity contribution is 0.00578. The highest BCUT2D eigenvalue weighted by Crippen LogP contribution is 2.39. The zero-order chi connectivity index (χ0) is 18.0. The summed E-state index contributed by atoms with van der Waals surface area (Å²) >= 11 is 4.40. The molecule has 1 saturated heterocycles. The summed E-state index contributed by atoms with van der Waals surface area (Å²) in [6, 6.07) is 9.07. The van der Waals surface area contributed by atoms with Crippen molar-refractivity contribution in [3.63, 3.8) is 0 Å². The molecule has 1 heterocycles. The van der Waals surface area contributed by atoms with Crippen molar-refractivity contribution in [1.82, 2.24) is 0 Å². The molecule has 0 saturated carbocycles. The number of hydrogen-bond donors (Lipinski definition) is 1. The molecule has 0 aliphatic carbocycles. The number of benzene rings is 1. The minimum Gasteiger partial charge on any atom is -0.400 e. The van der Waals surface area contributed by atoms with E-state index in [9.17, 15) is 4.79 Å². The van der Waals surface area contributed by atoms with Gasteiger partial charge in [-0.05, 0) is 44.8 Å². The summed E-state index contributed by atoms with van der Waals surface area (Å²) < 4.78 is 12.1. The molecule has 0 aromatic heterocycles. The van der Waals surface area contributed by atoms with E-state index in [4.69, 9.17) is 14.6 Å². The van der Waals surface area contributed by atoms with Gasteiger partial charge in [-0.25, -0.2) is 0 Å². The van der Waals surface area contributed by atoms with Gasteiger partial charge in [-0.1, -0.05) is 24.3 Å². The van der Waals surface area contributed by atoms with Crippen LogP contribution in [-0.4, -0.2) is 29.9 Å². The number of ketones is 1. The molecule has 4 nitrogen and oxygen atoms in total. The molecule has 1 aromatic carbocycles. The fourth-order valence-corrected chi connectivity index (χ4v) is 2.61. The summed E-state index contributed by atoms with van der Waals surface area (Å²) in [6.45, 7) is 8.02. The first-order chi connectivity index (χ1) is 11.2. The van der Waals surface area contributed by atoms with E-state index in [1.165, 1.54) is 0 Å². The number of nitrogens with zero attached hydrogens (tertiary/aromatic N) is 1. The molecule has 0 radical (unpaired) electrons. The molecule has 0 spiro atoms. The van der Waals surface area contributed by atoms with Gasteiger partial charge in [0.05, 0.1) is 23.7 Å². The van der Waals surface area contributed by atoms with E-state index in [0.717, 1.165) is 11.0 Å². The predicted octanol–water partition coefficient (Wildman–Crippen LogP) is 3.73. The smallest absolute Gasteiger partial charge is 0.400 e. The average Bonchev–Trinajstić information content (AvgIpc) is 2.73. The normalized spacial score (nSPS) is 19.2. The lowest BCUT2D eigenvalue weighted by Gasteiger charge is -2.32. The number of carbonyl (C=O) groups is 1. The monoisotopic (exact) mass is 343 g/mol. The summed E-state index contributed by atoms with van der Waals surface area (Å²) in [4.78, 5) is 11.9. The Morgan fingerprint density at radius 2 is 1.92 bits per heavy atom. The van der Waals surface area contributed by atoms with Crippen LogP contribution in [0.1, 0.15) is 50.0 Å². The molecule has 126 valence electrons. The van der Waals surface area contributed by atoms with Crippen molar-refractivity contribution >= 4 is 31.6 Å². The molecule has 24 heavy (non-hydrogen) atoms. The van der Waals surface area contributed by atoms with Crippen molar-refractivity contribution in [2.75, 3.05) is 5.75 Å². The van der Waals surface area contributed by atoms with Gasteiger partial charge in [-0.3, -0.25) is 4.79 Å². The number of rotatable bonds is 5. The summed E-state index contributed by atoms with van der Waals surface area (Å²) in [5.74, 6) is 0.295. The fraction of sp³-hybridized carbons (Fsp3) is 0.444. The Morgan fingerprint density at radius 1 is 1.29 bits per heavy atom. The van der Waals surface area contributed by atoms with Crippen LogP contribution in [0.15, 0.2) is 29.7 Å². The van der Waals surface area contributed by atoms with Gasteiger partial charge in [-0.15, -0.1) is 0 Å². The van der Waals surface area contributed by atoms with Gasteiger partial charge in [0.2, 0.25) is 0 Å². The van der Waals surface area contributed by atoms with Crippen LogP contribution in [0.5, 0.6) is 0 Å². The minimum atomic E-state index is -0.467. The third-order valence-corrected chi connectivity index (χ3v) is 4.90. The number of thiol groups is 1. The SMILES string of the molecule is CC1(C)OB(C(=Cc2cccc(C(=O)CC#N)c2)CS)OC1(C)C. The third kappa shape index (κ3) is 3.92. The van der Waals surface area contributed by atoms with Crippen LogP contribution >= 0.6 is 12.6 Å². The third-order valence-electron chi connectivity index (χ3n) is 4.54. The van der Waals surface area contributed by atoms with Gasteiger partial charge < -0.3 is 9.31 Å². The van der Waals surface area contributed by atoms with Gasteiger partial charge in [0.25, 0.3) is 0 Å². The molecule has 0 unspecified atom stereocenters. The molecule has 0 amide bonds. The van der Waals surface area contributed by atoms with Gasteiger partial charge in [0.15, 0.2) is 5.78 Å². The Morgan fingerprint density at radius 3 is 2.46 bits per heavy atom. The van der Waals surface area contributed by atoms with E-state index >= 15 is 0 Å². The maximum atomic E-state index is 11.9. The van der Waals surface area contributed by atoms with E-state index in [0.29, 0.717) is 11.3 Å². The summed E-state index contributed by atoms with van der Waals surface area (Å²) in [5, 5.41) is 8.67. The quantitative estimate of drug-likeness (QED) is 0.503. The van der Waals surface area contributed by atoms with Crippen LogP contribution in [-0.2, 0) is 9.31 Å². The van der Waals surface area contributed by atoms with E-state index in [-0.39, 0.29) is 12.2 Å². The Labute approximate surface area is 149 Å². The molecule has 0 atom stereocenters. The topological polar surface area (TPSA) is 59.3 Å². The first-order valence-electron chi connectivity index (χ1n) is 7.87. The van der Waals surface area contributed by atoms with Crippen molar-refractivity contribution in [3.05, 3.63) is 40.9 Å². The second kappa shape index (κ2) is 7.14.